The van der Waals surface area contributed by atoms with Gasteiger partial charge in [0.05, 0.1) is 17.7 Å². The Bertz CT molecular complexity index is 1090. The van der Waals surface area contributed by atoms with Gasteiger partial charge >= 0.3 is 5.97 Å². The SMILES string of the molecule is CCOc1ccc(-n2c3ccc(C(=O)O)cc3c3cn(C)nc32)cc1. The summed E-state index contributed by atoms with van der Waals surface area (Å²) in [6.07, 6.45) is 1.91. The molecule has 0 atom stereocenters. The van der Waals surface area contributed by atoms with Crippen molar-refractivity contribution in [2.75, 3.05) is 6.61 Å². The number of aryl methyl sites for hydroxylation is 1. The van der Waals surface area contributed by atoms with Crippen molar-refractivity contribution in [2.24, 2.45) is 7.05 Å². The van der Waals surface area contributed by atoms with Crippen molar-refractivity contribution in [1.29, 1.82) is 0 Å². The normalized spacial score (nSPS) is 11.3. The van der Waals surface area contributed by atoms with Gasteiger partial charge in [0.15, 0.2) is 5.65 Å². The van der Waals surface area contributed by atoms with Crippen LogP contribution in [0.5, 0.6) is 5.75 Å². The molecule has 0 radical (unpaired) electrons. The summed E-state index contributed by atoms with van der Waals surface area (Å²) in [5.74, 6) is -0.124. The predicted octanol–water partition coefficient (Wildman–Crippen LogP) is 3.61. The van der Waals surface area contributed by atoms with Gasteiger partial charge in [-0.2, -0.15) is 5.10 Å². The van der Waals surface area contributed by atoms with E-state index in [1.54, 1.807) is 16.8 Å². The molecule has 0 amide bonds. The maximum atomic E-state index is 11.3. The highest BCUT2D eigenvalue weighted by Crippen LogP contribution is 2.32. The number of carboxylic acid groups (broad SMARTS) is 1. The van der Waals surface area contributed by atoms with Gasteiger partial charge in [-0.25, -0.2) is 4.79 Å². The van der Waals surface area contributed by atoms with E-state index in [1.165, 1.54) is 0 Å². The molecule has 4 rings (SSSR count). The van der Waals surface area contributed by atoms with E-state index >= 15 is 0 Å². The minimum atomic E-state index is -0.937. The van der Waals surface area contributed by atoms with E-state index in [-0.39, 0.29) is 5.56 Å². The summed E-state index contributed by atoms with van der Waals surface area (Å²) in [6.45, 7) is 2.57. The van der Waals surface area contributed by atoms with Crippen LogP contribution in [0.2, 0.25) is 0 Å². The van der Waals surface area contributed by atoms with Gasteiger partial charge in [0.25, 0.3) is 0 Å². The van der Waals surface area contributed by atoms with Crippen molar-refractivity contribution in [2.45, 2.75) is 6.92 Å². The average Bonchev–Trinajstić information content (AvgIpc) is 3.10. The van der Waals surface area contributed by atoms with Crippen molar-refractivity contribution in [3.8, 4) is 11.4 Å². The number of rotatable bonds is 4. The molecule has 2 aromatic heterocycles. The van der Waals surface area contributed by atoms with Crippen molar-refractivity contribution in [3.05, 3.63) is 54.2 Å². The van der Waals surface area contributed by atoms with Crippen molar-refractivity contribution in [1.82, 2.24) is 14.3 Å². The summed E-state index contributed by atoms with van der Waals surface area (Å²) in [4.78, 5) is 11.3. The number of aromatic nitrogens is 3. The van der Waals surface area contributed by atoms with Gasteiger partial charge in [0.1, 0.15) is 5.75 Å². The van der Waals surface area contributed by atoms with Crippen LogP contribution in [0.4, 0.5) is 0 Å². The molecule has 2 aromatic carbocycles. The van der Waals surface area contributed by atoms with E-state index in [0.717, 1.165) is 33.4 Å². The molecular formula is C19H17N3O3. The number of carbonyl (C=O) groups is 1. The third-order valence-corrected chi connectivity index (χ3v) is 4.20. The Balaban J connectivity index is 1.99. The molecular weight excluding hydrogens is 318 g/mol. The highest BCUT2D eigenvalue weighted by Gasteiger charge is 2.17. The molecule has 0 saturated heterocycles. The second-order valence-corrected chi connectivity index (χ2v) is 5.84. The lowest BCUT2D eigenvalue weighted by atomic mass is 10.1. The molecule has 0 fully saturated rings. The van der Waals surface area contributed by atoms with Crippen molar-refractivity contribution < 1.29 is 14.6 Å². The Labute approximate surface area is 143 Å². The summed E-state index contributed by atoms with van der Waals surface area (Å²) in [7, 11) is 1.86. The van der Waals surface area contributed by atoms with E-state index in [2.05, 4.69) is 5.10 Å². The summed E-state index contributed by atoms with van der Waals surface area (Å²) in [6, 6.07) is 12.9. The Kier molecular flexibility index (Phi) is 3.46. The van der Waals surface area contributed by atoms with Crippen LogP contribution in [0, 0.1) is 0 Å². The lowest BCUT2D eigenvalue weighted by molar-refractivity contribution is 0.0697. The molecule has 0 aliphatic rings. The topological polar surface area (TPSA) is 69.3 Å². The molecule has 1 N–H and O–H groups in total. The minimum absolute atomic E-state index is 0.266. The van der Waals surface area contributed by atoms with Crippen LogP contribution in [-0.4, -0.2) is 32.0 Å². The third kappa shape index (κ3) is 2.42. The van der Waals surface area contributed by atoms with E-state index in [4.69, 9.17) is 4.74 Å². The number of nitrogens with zero attached hydrogens (tertiary/aromatic N) is 3. The fraction of sp³-hybridized carbons (Fsp3) is 0.158. The zero-order valence-corrected chi connectivity index (χ0v) is 13.9. The highest BCUT2D eigenvalue weighted by atomic mass is 16.5. The number of carboxylic acids is 1. The number of ether oxygens (including phenoxy) is 1. The number of hydrogen-bond acceptors (Lipinski definition) is 3. The zero-order valence-electron chi connectivity index (χ0n) is 13.9. The first-order valence-electron chi connectivity index (χ1n) is 8.03. The number of aromatic carboxylic acids is 1. The van der Waals surface area contributed by atoms with E-state index in [9.17, 15) is 9.90 Å². The van der Waals surface area contributed by atoms with Crippen LogP contribution in [0.3, 0.4) is 0 Å². The van der Waals surface area contributed by atoms with E-state index < -0.39 is 5.97 Å². The fourth-order valence-electron chi connectivity index (χ4n) is 3.15. The summed E-state index contributed by atoms with van der Waals surface area (Å²) >= 11 is 0. The first-order valence-corrected chi connectivity index (χ1v) is 8.03. The van der Waals surface area contributed by atoms with Crippen LogP contribution < -0.4 is 4.74 Å². The van der Waals surface area contributed by atoms with Gasteiger partial charge < -0.3 is 9.84 Å². The van der Waals surface area contributed by atoms with E-state index in [0.29, 0.717) is 6.61 Å². The molecule has 0 aliphatic carbocycles. The lowest BCUT2D eigenvalue weighted by Crippen LogP contribution is -1.99. The van der Waals surface area contributed by atoms with Gasteiger partial charge in [-0.1, -0.05) is 0 Å². The predicted molar refractivity (Wildman–Crippen MR) is 95.7 cm³/mol. The first kappa shape index (κ1) is 15.3. The Morgan fingerprint density at radius 1 is 1.16 bits per heavy atom. The Hall–Kier alpha value is -3.28. The largest absolute Gasteiger partial charge is 0.494 e. The van der Waals surface area contributed by atoms with Crippen LogP contribution in [0.1, 0.15) is 17.3 Å². The van der Waals surface area contributed by atoms with Crippen molar-refractivity contribution in [3.63, 3.8) is 0 Å². The molecule has 25 heavy (non-hydrogen) atoms. The first-order chi connectivity index (χ1) is 12.1. The summed E-state index contributed by atoms with van der Waals surface area (Å²) in [5.41, 5.74) is 2.93. The molecule has 2 heterocycles. The Morgan fingerprint density at radius 2 is 1.92 bits per heavy atom. The maximum Gasteiger partial charge on any atom is 0.335 e. The lowest BCUT2D eigenvalue weighted by Gasteiger charge is -2.08. The summed E-state index contributed by atoms with van der Waals surface area (Å²) < 4.78 is 9.28. The maximum absolute atomic E-state index is 11.3. The second-order valence-electron chi connectivity index (χ2n) is 5.84. The fourth-order valence-corrected chi connectivity index (χ4v) is 3.15. The minimum Gasteiger partial charge on any atom is -0.494 e. The molecule has 4 aromatic rings. The van der Waals surface area contributed by atoms with Gasteiger partial charge in [-0.15, -0.1) is 0 Å². The molecule has 0 bridgehead atoms. The standard InChI is InChI=1S/C19H17N3O3/c1-3-25-14-7-5-13(6-8-14)22-17-9-4-12(19(23)24)10-15(17)16-11-21(2)20-18(16)22/h4-11H,3H2,1-2H3,(H,23,24). The van der Waals surface area contributed by atoms with Crippen LogP contribution in [0.15, 0.2) is 48.7 Å². The smallest absolute Gasteiger partial charge is 0.335 e. The monoisotopic (exact) mass is 335 g/mol. The number of hydrogen-bond donors (Lipinski definition) is 1. The number of benzene rings is 2. The molecule has 0 spiro atoms. The molecule has 6 heteroatoms. The Morgan fingerprint density at radius 3 is 2.60 bits per heavy atom. The van der Waals surface area contributed by atoms with Gasteiger partial charge in [0, 0.05) is 29.7 Å². The van der Waals surface area contributed by atoms with Crippen LogP contribution in [0.25, 0.3) is 27.6 Å². The van der Waals surface area contributed by atoms with E-state index in [1.807, 2.05) is 55.1 Å². The average molecular weight is 335 g/mol. The van der Waals surface area contributed by atoms with Gasteiger partial charge in [0.2, 0.25) is 0 Å². The van der Waals surface area contributed by atoms with Crippen LogP contribution in [-0.2, 0) is 7.05 Å². The zero-order chi connectivity index (χ0) is 17.6. The molecule has 126 valence electrons. The van der Waals surface area contributed by atoms with Crippen molar-refractivity contribution >= 4 is 27.9 Å². The third-order valence-electron chi connectivity index (χ3n) is 4.20. The van der Waals surface area contributed by atoms with Gasteiger partial charge in [-0.05, 0) is 49.4 Å². The number of fused-ring (bicyclic) bond motifs is 3. The molecule has 0 unspecified atom stereocenters. The summed E-state index contributed by atoms with van der Waals surface area (Å²) in [5, 5.41) is 15.6. The van der Waals surface area contributed by atoms with Crippen LogP contribution >= 0.6 is 0 Å². The molecule has 0 saturated carbocycles. The molecule has 0 aliphatic heterocycles. The molecule has 6 nitrogen and oxygen atoms in total. The quantitative estimate of drug-likeness (QED) is 0.618. The highest BCUT2D eigenvalue weighted by molar-refractivity contribution is 6.09. The van der Waals surface area contributed by atoms with Gasteiger partial charge in [-0.3, -0.25) is 9.25 Å². The second kappa shape index (κ2) is 5.66.